The minimum absolute atomic E-state index is 0.601. The highest BCUT2D eigenvalue weighted by Crippen LogP contribution is 2.75. The van der Waals surface area contributed by atoms with Crippen molar-refractivity contribution in [2.75, 3.05) is 14.2 Å². The van der Waals surface area contributed by atoms with Gasteiger partial charge in [-0.3, -0.25) is 14.6 Å². The molecular weight excluding hydrogens is 709 g/mol. The number of nitrogens with one attached hydrogen (secondary N) is 2. The second kappa shape index (κ2) is 13.5. The summed E-state index contributed by atoms with van der Waals surface area (Å²) >= 11 is 0. The van der Waals surface area contributed by atoms with Crippen molar-refractivity contribution in [3.8, 4) is 44.5 Å². The first-order valence-corrected chi connectivity index (χ1v) is 18.9. The van der Waals surface area contributed by atoms with Gasteiger partial charge >= 0.3 is 11.9 Å². The van der Waals surface area contributed by atoms with Gasteiger partial charge in [-0.1, -0.05) is 121 Å². The van der Waals surface area contributed by atoms with Gasteiger partial charge in [0.1, 0.15) is 0 Å². The number of aromatic amines is 2. The van der Waals surface area contributed by atoms with E-state index in [4.69, 9.17) is 19.4 Å². The number of methoxy groups -OCH3 is 2. The van der Waals surface area contributed by atoms with Gasteiger partial charge < -0.3 is 19.4 Å². The molecule has 8 bridgehead atoms. The lowest BCUT2D eigenvalue weighted by molar-refractivity contribution is -0.162. The van der Waals surface area contributed by atoms with Crippen LogP contribution in [0.25, 0.3) is 78.7 Å². The van der Waals surface area contributed by atoms with Crippen molar-refractivity contribution in [3.63, 3.8) is 0 Å². The number of carbonyl (C=O) groups is 2. The number of rotatable bonds is 6. The molecule has 7 aromatic rings. The molecule has 8 nitrogen and oxygen atoms in total. The standard InChI is InChI=1S/C49H36N4O4/c1-56-47(54)49(48(55)57-2)43-44(49)46-42(32-21-13-6-14-22-32)38-28-26-36(52-38)40(30-17-9-4-10-18-30)34-24-23-33(50-34)39(29-15-7-3-8-16-29)35-25-27-37(51-35)41(45(43)53-46)31-19-11-5-12-20-31/h3-28,43-44,51-52H,1-2H3/t43-,44+. The maximum atomic E-state index is 14.2. The van der Waals surface area contributed by atoms with Crippen LogP contribution < -0.4 is 0 Å². The molecule has 3 aromatic heterocycles. The number of aromatic nitrogens is 4. The molecule has 1 aliphatic carbocycles. The smallest absolute Gasteiger partial charge is 0.324 e. The molecule has 276 valence electrons. The number of esters is 2. The van der Waals surface area contributed by atoms with Crippen molar-refractivity contribution in [2.45, 2.75) is 11.8 Å². The third kappa shape index (κ3) is 5.28. The number of hydrogen-bond acceptors (Lipinski definition) is 6. The van der Waals surface area contributed by atoms with Gasteiger partial charge in [0.05, 0.1) is 37.0 Å². The van der Waals surface area contributed by atoms with Crippen LogP contribution in [-0.4, -0.2) is 46.1 Å². The van der Waals surface area contributed by atoms with Crippen molar-refractivity contribution in [1.82, 2.24) is 19.9 Å². The first-order chi connectivity index (χ1) is 28.0. The lowest BCUT2D eigenvalue weighted by Crippen LogP contribution is -2.32. The Balaban J connectivity index is 1.44. The van der Waals surface area contributed by atoms with Crippen LogP contribution in [0.4, 0.5) is 0 Å². The number of carbonyl (C=O) groups excluding carboxylic acids is 2. The molecule has 1 saturated carbocycles. The molecule has 4 aromatic carbocycles. The zero-order valence-corrected chi connectivity index (χ0v) is 31.2. The van der Waals surface area contributed by atoms with Crippen LogP contribution in [0.2, 0.25) is 0 Å². The molecule has 3 aliphatic rings. The highest BCUT2D eigenvalue weighted by atomic mass is 16.5. The number of fused-ring (bicyclic) bond motifs is 11. The van der Waals surface area contributed by atoms with Crippen LogP contribution in [-0.2, 0) is 19.1 Å². The van der Waals surface area contributed by atoms with Crippen LogP contribution in [0.15, 0.2) is 146 Å². The van der Waals surface area contributed by atoms with Crippen LogP contribution >= 0.6 is 0 Å². The van der Waals surface area contributed by atoms with E-state index < -0.39 is 29.2 Å². The molecule has 57 heavy (non-hydrogen) atoms. The Labute approximate surface area is 328 Å². The first-order valence-electron chi connectivity index (χ1n) is 18.9. The third-order valence-electron chi connectivity index (χ3n) is 11.4. The van der Waals surface area contributed by atoms with Crippen molar-refractivity contribution in [2.24, 2.45) is 5.41 Å². The van der Waals surface area contributed by atoms with Gasteiger partial charge in [-0.2, -0.15) is 0 Å². The number of H-pyrrole nitrogens is 2. The molecule has 1 fully saturated rings. The van der Waals surface area contributed by atoms with E-state index in [0.29, 0.717) is 11.4 Å². The maximum absolute atomic E-state index is 14.2. The maximum Gasteiger partial charge on any atom is 0.324 e. The minimum Gasteiger partial charge on any atom is -0.468 e. The van der Waals surface area contributed by atoms with Crippen molar-refractivity contribution in [3.05, 3.63) is 168 Å². The fraction of sp³-hybridized carbons (Fsp3) is 0.102. The highest BCUT2D eigenvalue weighted by molar-refractivity contribution is 6.09. The monoisotopic (exact) mass is 744 g/mol. The zero-order chi connectivity index (χ0) is 38.7. The van der Waals surface area contributed by atoms with Crippen molar-refractivity contribution < 1.29 is 19.1 Å². The van der Waals surface area contributed by atoms with E-state index in [1.54, 1.807) is 0 Å². The summed E-state index contributed by atoms with van der Waals surface area (Å²) in [6, 6.07) is 48.6. The Kier molecular flexibility index (Phi) is 8.07. The van der Waals surface area contributed by atoms with Gasteiger partial charge in [-0.15, -0.1) is 0 Å². The Morgan fingerprint density at radius 1 is 0.456 bits per heavy atom. The lowest BCUT2D eigenvalue weighted by Gasteiger charge is -2.17. The van der Waals surface area contributed by atoms with Crippen molar-refractivity contribution in [1.29, 1.82) is 0 Å². The summed E-state index contributed by atoms with van der Waals surface area (Å²) in [5.41, 5.74) is 11.6. The summed E-state index contributed by atoms with van der Waals surface area (Å²) < 4.78 is 10.9. The Morgan fingerprint density at radius 3 is 1.11 bits per heavy atom. The predicted octanol–water partition coefficient (Wildman–Crippen LogP) is 10.4. The molecule has 0 spiro atoms. The molecule has 2 N–H and O–H groups in total. The van der Waals surface area contributed by atoms with E-state index in [9.17, 15) is 9.59 Å². The van der Waals surface area contributed by atoms with E-state index >= 15 is 0 Å². The van der Waals surface area contributed by atoms with E-state index in [1.165, 1.54) is 14.2 Å². The summed E-state index contributed by atoms with van der Waals surface area (Å²) in [6.07, 6.45) is 4.15. The minimum atomic E-state index is -1.65. The SMILES string of the molecule is COC(=O)C1(C(=O)OC)[C@@H]2c3nc(c(-c4ccccc4)c4ccc([nH]4)c(-c4ccccc4)c4nc(c(-c5ccccc5)c5ccc([nH]5)c3-c3ccccc3)C=C4)[C@@H]21. The number of benzene rings is 4. The molecular formula is C49H36N4O4. The van der Waals surface area contributed by atoms with Crippen LogP contribution in [0.3, 0.4) is 0 Å². The summed E-state index contributed by atoms with van der Waals surface area (Å²) in [5, 5.41) is 0. The topological polar surface area (TPSA) is 110 Å². The fourth-order valence-electron chi connectivity index (χ4n) is 8.95. The molecule has 2 aliphatic heterocycles. The number of hydrogen-bond donors (Lipinski definition) is 2. The average Bonchev–Trinajstić information content (AvgIpc) is 3.87. The molecule has 0 radical (unpaired) electrons. The van der Waals surface area contributed by atoms with Crippen LogP contribution in [0.5, 0.6) is 0 Å². The average molecular weight is 745 g/mol. The van der Waals surface area contributed by atoms with Gasteiger partial charge in [-0.05, 0) is 58.7 Å². The lowest BCUT2D eigenvalue weighted by atomic mass is 9.93. The quantitative estimate of drug-likeness (QED) is 0.130. The van der Waals surface area contributed by atoms with Gasteiger partial charge in [-0.25, -0.2) is 4.98 Å². The number of nitrogens with zero attached hydrogens (tertiary/aromatic N) is 2. The van der Waals surface area contributed by atoms with Gasteiger partial charge in [0.2, 0.25) is 0 Å². The largest absolute Gasteiger partial charge is 0.468 e. The zero-order valence-electron chi connectivity index (χ0n) is 31.2. The Bertz CT molecular complexity index is 2720. The molecule has 0 unspecified atom stereocenters. The van der Waals surface area contributed by atoms with Crippen molar-refractivity contribution >= 4 is 46.2 Å². The van der Waals surface area contributed by atoms with Crippen LogP contribution in [0.1, 0.15) is 34.6 Å². The summed E-state index contributed by atoms with van der Waals surface area (Å²) in [5.74, 6) is -2.64. The van der Waals surface area contributed by atoms with E-state index in [0.717, 1.165) is 78.0 Å². The predicted molar refractivity (Wildman–Crippen MR) is 224 cm³/mol. The Hall–Kier alpha value is -7.32. The summed E-state index contributed by atoms with van der Waals surface area (Å²) in [7, 11) is 2.64. The molecule has 8 heteroatoms. The van der Waals surface area contributed by atoms with Crippen LogP contribution in [0, 0.1) is 5.41 Å². The van der Waals surface area contributed by atoms with E-state index in [-0.39, 0.29) is 0 Å². The molecule has 5 heterocycles. The highest BCUT2D eigenvalue weighted by Gasteiger charge is 2.81. The number of ether oxygens (including phenoxy) is 2. The third-order valence-corrected chi connectivity index (χ3v) is 11.4. The van der Waals surface area contributed by atoms with E-state index in [2.05, 4.69) is 58.5 Å². The van der Waals surface area contributed by atoms with Gasteiger partial charge in [0.15, 0.2) is 5.41 Å². The second-order valence-corrected chi connectivity index (χ2v) is 14.4. The summed E-state index contributed by atoms with van der Waals surface area (Å²) in [4.78, 5) is 46.7. The van der Waals surface area contributed by atoms with Gasteiger partial charge in [0.25, 0.3) is 0 Å². The first kappa shape index (κ1) is 34.2. The summed E-state index contributed by atoms with van der Waals surface area (Å²) in [6.45, 7) is 0. The second-order valence-electron chi connectivity index (χ2n) is 14.4. The molecule has 0 amide bonds. The van der Waals surface area contributed by atoms with Gasteiger partial charge in [0, 0.05) is 56.2 Å². The Morgan fingerprint density at radius 2 is 0.772 bits per heavy atom. The van der Waals surface area contributed by atoms with E-state index in [1.807, 2.05) is 109 Å². The molecule has 2 atom stereocenters. The fourth-order valence-corrected chi connectivity index (χ4v) is 8.95. The molecule has 10 rings (SSSR count). The molecule has 0 saturated heterocycles. The normalized spacial score (nSPS) is 16.1.